The van der Waals surface area contributed by atoms with Crippen LogP contribution in [0.15, 0.2) is 30.3 Å². The number of amides is 2. The van der Waals surface area contributed by atoms with E-state index in [4.69, 9.17) is 0 Å². The van der Waals surface area contributed by atoms with Crippen LogP contribution >= 0.6 is 0 Å². The molecule has 0 unspecified atom stereocenters. The third kappa shape index (κ3) is 4.91. The Balaban J connectivity index is 1.71. The van der Waals surface area contributed by atoms with Crippen molar-refractivity contribution in [3.8, 4) is 0 Å². The van der Waals surface area contributed by atoms with E-state index in [1.165, 1.54) is 16.8 Å². The maximum absolute atomic E-state index is 12.8. The van der Waals surface area contributed by atoms with E-state index in [9.17, 15) is 14.0 Å². The average molecular weight is 318 g/mol. The van der Waals surface area contributed by atoms with Crippen molar-refractivity contribution in [3.63, 3.8) is 0 Å². The first-order chi connectivity index (χ1) is 11.0. The SMILES string of the molecule is Cc1cc(C(=O)NCC(=O)NCCc2ccc(F)cc2)n(C)n1. The van der Waals surface area contributed by atoms with Crippen molar-refractivity contribution in [2.24, 2.45) is 7.05 Å². The smallest absolute Gasteiger partial charge is 0.269 e. The summed E-state index contributed by atoms with van der Waals surface area (Å²) in [7, 11) is 1.67. The van der Waals surface area contributed by atoms with Gasteiger partial charge < -0.3 is 10.6 Å². The number of benzene rings is 1. The summed E-state index contributed by atoms with van der Waals surface area (Å²) in [4.78, 5) is 23.6. The van der Waals surface area contributed by atoms with Crippen LogP contribution in [0.2, 0.25) is 0 Å². The molecule has 122 valence electrons. The van der Waals surface area contributed by atoms with Crippen LogP contribution in [0.4, 0.5) is 4.39 Å². The lowest BCUT2D eigenvalue weighted by atomic mass is 10.1. The van der Waals surface area contributed by atoms with Gasteiger partial charge in [0.15, 0.2) is 0 Å². The molecule has 2 amide bonds. The molecule has 0 saturated heterocycles. The Kier molecular flexibility index (Phi) is 5.46. The Labute approximate surface area is 133 Å². The van der Waals surface area contributed by atoms with Crippen LogP contribution in [-0.2, 0) is 18.3 Å². The molecule has 0 saturated carbocycles. The lowest BCUT2D eigenvalue weighted by Crippen LogP contribution is -2.38. The summed E-state index contributed by atoms with van der Waals surface area (Å²) in [6.45, 7) is 2.11. The monoisotopic (exact) mass is 318 g/mol. The van der Waals surface area contributed by atoms with Crippen molar-refractivity contribution in [1.29, 1.82) is 0 Å². The molecule has 2 aromatic rings. The second kappa shape index (κ2) is 7.53. The molecule has 0 fully saturated rings. The van der Waals surface area contributed by atoms with Gasteiger partial charge in [-0.15, -0.1) is 0 Å². The van der Waals surface area contributed by atoms with Crippen molar-refractivity contribution in [2.75, 3.05) is 13.1 Å². The molecule has 0 aliphatic heterocycles. The molecule has 1 aromatic heterocycles. The minimum Gasteiger partial charge on any atom is -0.354 e. The fraction of sp³-hybridized carbons (Fsp3) is 0.312. The summed E-state index contributed by atoms with van der Waals surface area (Å²) in [5.74, 6) is -0.910. The first-order valence-corrected chi connectivity index (χ1v) is 7.25. The molecule has 0 aliphatic carbocycles. The molecule has 23 heavy (non-hydrogen) atoms. The molecule has 0 atom stereocenters. The standard InChI is InChI=1S/C16H19FN4O2/c1-11-9-14(21(2)20-11)16(23)19-10-15(22)18-8-7-12-3-5-13(17)6-4-12/h3-6,9H,7-8,10H2,1-2H3,(H,18,22)(H,19,23). The topological polar surface area (TPSA) is 76.0 Å². The molecule has 0 spiro atoms. The van der Waals surface area contributed by atoms with Crippen molar-refractivity contribution >= 4 is 11.8 Å². The molecule has 0 radical (unpaired) electrons. The summed E-state index contributed by atoms with van der Waals surface area (Å²) < 4.78 is 14.2. The number of nitrogens with zero attached hydrogens (tertiary/aromatic N) is 2. The zero-order valence-corrected chi connectivity index (χ0v) is 13.1. The van der Waals surface area contributed by atoms with Gasteiger partial charge in [0.2, 0.25) is 5.91 Å². The zero-order valence-electron chi connectivity index (χ0n) is 13.1. The molecule has 0 aliphatic rings. The number of carbonyl (C=O) groups excluding carboxylic acids is 2. The second-order valence-corrected chi connectivity index (χ2v) is 5.20. The Morgan fingerprint density at radius 1 is 1.22 bits per heavy atom. The Hall–Kier alpha value is -2.70. The van der Waals surface area contributed by atoms with Gasteiger partial charge in [0, 0.05) is 13.6 Å². The van der Waals surface area contributed by atoms with Gasteiger partial charge in [0.25, 0.3) is 5.91 Å². The summed E-state index contributed by atoms with van der Waals surface area (Å²) in [6.07, 6.45) is 0.598. The Morgan fingerprint density at radius 2 is 1.91 bits per heavy atom. The van der Waals surface area contributed by atoms with E-state index < -0.39 is 0 Å². The number of nitrogens with one attached hydrogen (secondary N) is 2. The Bertz CT molecular complexity index is 695. The maximum Gasteiger partial charge on any atom is 0.269 e. The van der Waals surface area contributed by atoms with Crippen molar-refractivity contribution in [2.45, 2.75) is 13.3 Å². The van der Waals surface area contributed by atoms with Crippen LogP contribution in [0.25, 0.3) is 0 Å². The molecule has 1 aromatic carbocycles. The number of hydrogen-bond donors (Lipinski definition) is 2. The van der Waals surface area contributed by atoms with Crippen LogP contribution in [0.3, 0.4) is 0 Å². The van der Waals surface area contributed by atoms with E-state index in [2.05, 4.69) is 15.7 Å². The predicted octanol–water partition coefficient (Wildman–Crippen LogP) is 0.956. The predicted molar refractivity (Wildman–Crippen MR) is 83.4 cm³/mol. The van der Waals surface area contributed by atoms with Crippen LogP contribution in [0.5, 0.6) is 0 Å². The fourth-order valence-electron chi connectivity index (χ4n) is 2.13. The van der Waals surface area contributed by atoms with E-state index in [1.54, 1.807) is 32.2 Å². The summed E-state index contributed by atoms with van der Waals surface area (Å²) >= 11 is 0. The average Bonchev–Trinajstić information content (AvgIpc) is 2.85. The highest BCUT2D eigenvalue weighted by molar-refractivity contribution is 5.95. The van der Waals surface area contributed by atoms with Gasteiger partial charge in [-0.1, -0.05) is 12.1 Å². The van der Waals surface area contributed by atoms with E-state index in [1.807, 2.05) is 0 Å². The van der Waals surface area contributed by atoms with Gasteiger partial charge >= 0.3 is 0 Å². The van der Waals surface area contributed by atoms with Gasteiger partial charge in [0.05, 0.1) is 12.2 Å². The number of aromatic nitrogens is 2. The van der Waals surface area contributed by atoms with Crippen molar-refractivity contribution < 1.29 is 14.0 Å². The van der Waals surface area contributed by atoms with Gasteiger partial charge in [0.1, 0.15) is 11.5 Å². The van der Waals surface area contributed by atoms with Crippen LogP contribution in [-0.4, -0.2) is 34.7 Å². The lowest BCUT2D eigenvalue weighted by molar-refractivity contribution is -0.120. The van der Waals surface area contributed by atoms with E-state index in [-0.39, 0.29) is 24.2 Å². The van der Waals surface area contributed by atoms with Gasteiger partial charge in [-0.3, -0.25) is 14.3 Å². The van der Waals surface area contributed by atoms with E-state index in [0.29, 0.717) is 18.7 Å². The van der Waals surface area contributed by atoms with Gasteiger partial charge in [-0.05, 0) is 37.1 Å². The van der Waals surface area contributed by atoms with Crippen molar-refractivity contribution in [3.05, 3.63) is 53.1 Å². The first-order valence-electron chi connectivity index (χ1n) is 7.25. The third-order valence-corrected chi connectivity index (χ3v) is 3.29. The molecule has 2 rings (SSSR count). The highest BCUT2D eigenvalue weighted by atomic mass is 19.1. The summed E-state index contributed by atoms with van der Waals surface area (Å²) in [6, 6.07) is 7.77. The first kappa shape index (κ1) is 16.7. The third-order valence-electron chi connectivity index (χ3n) is 3.29. The number of aryl methyl sites for hydroxylation is 2. The quantitative estimate of drug-likeness (QED) is 0.833. The van der Waals surface area contributed by atoms with Gasteiger partial charge in [-0.2, -0.15) is 5.10 Å². The molecular weight excluding hydrogens is 299 g/mol. The minimum atomic E-state index is -0.346. The molecule has 6 nitrogen and oxygen atoms in total. The lowest BCUT2D eigenvalue weighted by Gasteiger charge is -2.07. The molecular formula is C16H19FN4O2. The molecule has 1 heterocycles. The van der Waals surface area contributed by atoms with Crippen LogP contribution < -0.4 is 10.6 Å². The zero-order chi connectivity index (χ0) is 16.8. The molecule has 0 bridgehead atoms. The normalized spacial score (nSPS) is 10.4. The number of halogens is 1. The Morgan fingerprint density at radius 3 is 2.52 bits per heavy atom. The highest BCUT2D eigenvalue weighted by Gasteiger charge is 2.12. The number of hydrogen-bond acceptors (Lipinski definition) is 3. The maximum atomic E-state index is 12.8. The minimum absolute atomic E-state index is 0.105. The van der Waals surface area contributed by atoms with Crippen molar-refractivity contribution in [1.82, 2.24) is 20.4 Å². The molecule has 7 heteroatoms. The summed E-state index contributed by atoms with van der Waals surface area (Å²) in [5.41, 5.74) is 2.07. The largest absolute Gasteiger partial charge is 0.354 e. The highest BCUT2D eigenvalue weighted by Crippen LogP contribution is 2.03. The van der Waals surface area contributed by atoms with Gasteiger partial charge in [-0.25, -0.2) is 4.39 Å². The fourth-order valence-corrected chi connectivity index (χ4v) is 2.13. The van der Waals surface area contributed by atoms with Crippen LogP contribution in [0.1, 0.15) is 21.7 Å². The van der Waals surface area contributed by atoms with E-state index in [0.717, 1.165) is 11.3 Å². The number of carbonyl (C=O) groups is 2. The number of rotatable bonds is 6. The second-order valence-electron chi connectivity index (χ2n) is 5.20. The van der Waals surface area contributed by atoms with Crippen LogP contribution in [0, 0.1) is 12.7 Å². The van der Waals surface area contributed by atoms with E-state index >= 15 is 0 Å². The summed E-state index contributed by atoms with van der Waals surface area (Å²) in [5, 5.41) is 9.33. The molecule has 2 N–H and O–H groups in total.